The van der Waals surface area contributed by atoms with Gasteiger partial charge in [-0.25, -0.2) is 8.42 Å². The Hall–Kier alpha value is -2.18. The number of rotatable bonds is 4. The van der Waals surface area contributed by atoms with Crippen LogP contribution in [-0.2, 0) is 16.4 Å². The summed E-state index contributed by atoms with van der Waals surface area (Å²) in [7, 11) is -1.73. The second kappa shape index (κ2) is 8.28. The monoisotopic (exact) mass is 412 g/mol. The first-order chi connectivity index (χ1) is 14.0. The van der Waals surface area contributed by atoms with E-state index in [1.165, 1.54) is 17.2 Å². The van der Waals surface area contributed by atoms with Crippen LogP contribution in [0.3, 0.4) is 0 Å². The SMILES string of the molecule is CN(C(=O)c1cccc(S(=O)(=O)N2CCCCC2)c1)[C@H]1CCCc2ccccc21. The molecule has 0 N–H and O–H groups in total. The van der Waals surface area contributed by atoms with E-state index in [1.54, 1.807) is 27.4 Å². The molecule has 1 fully saturated rings. The fraction of sp³-hybridized carbons (Fsp3) is 0.435. The maximum absolute atomic E-state index is 13.2. The third-order valence-electron chi connectivity index (χ3n) is 6.16. The second-order valence-electron chi connectivity index (χ2n) is 8.02. The van der Waals surface area contributed by atoms with Crippen LogP contribution < -0.4 is 0 Å². The summed E-state index contributed by atoms with van der Waals surface area (Å²) in [5, 5.41) is 0. The maximum atomic E-state index is 13.2. The van der Waals surface area contributed by atoms with Crippen molar-refractivity contribution >= 4 is 15.9 Å². The van der Waals surface area contributed by atoms with Crippen LogP contribution in [0.1, 0.15) is 59.6 Å². The van der Waals surface area contributed by atoms with Gasteiger partial charge in [0, 0.05) is 25.7 Å². The molecule has 1 aliphatic carbocycles. The molecule has 1 amide bonds. The van der Waals surface area contributed by atoms with E-state index in [0.29, 0.717) is 18.7 Å². The van der Waals surface area contributed by atoms with Crippen LogP contribution in [0, 0.1) is 0 Å². The lowest BCUT2D eigenvalue weighted by molar-refractivity contribution is 0.0715. The summed E-state index contributed by atoms with van der Waals surface area (Å²) in [5.41, 5.74) is 2.92. The fourth-order valence-electron chi connectivity index (χ4n) is 4.52. The maximum Gasteiger partial charge on any atom is 0.254 e. The highest BCUT2D eigenvalue weighted by Gasteiger charge is 2.29. The van der Waals surface area contributed by atoms with Crippen LogP contribution >= 0.6 is 0 Å². The highest BCUT2D eigenvalue weighted by Crippen LogP contribution is 2.34. The molecule has 154 valence electrons. The highest BCUT2D eigenvalue weighted by molar-refractivity contribution is 7.89. The van der Waals surface area contributed by atoms with Crippen LogP contribution in [0.25, 0.3) is 0 Å². The highest BCUT2D eigenvalue weighted by atomic mass is 32.2. The number of piperidine rings is 1. The van der Waals surface area contributed by atoms with Gasteiger partial charge < -0.3 is 4.90 Å². The van der Waals surface area contributed by atoms with E-state index in [1.807, 2.05) is 19.2 Å². The van der Waals surface area contributed by atoms with Gasteiger partial charge in [0.1, 0.15) is 0 Å². The topological polar surface area (TPSA) is 57.7 Å². The van der Waals surface area contributed by atoms with Crippen LogP contribution in [-0.4, -0.2) is 43.7 Å². The lowest BCUT2D eigenvalue weighted by Crippen LogP contribution is -2.36. The predicted octanol–water partition coefficient (Wildman–Crippen LogP) is 4.01. The van der Waals surface area contributed by atoms with Gasteiger partial charge in [-0.05, 0) is 61.4 Å². The largest absolute Gasteiger partial charge is 0.335 e. The zero-order valence-electron chi connectivity index (χ0n) is 16.9. The van der Waals surface area contributed by atoms with Gasteiger partial charge in [-0.1, -0.05) is 36.8 Å². The molecule has 1 aliphatic heterocycles. The number of carbonyl (C=O) groups excluding carboxylic acids is 1. The normalized spacial score (nSPS) is 20.1. The summed E-state index contributed by atoms with van der Waals surface area (Å²) in [6.45, 7) is 1.11. The lowest BCUT2D eigenvalue weighted by atomic mass is 9.87. The molecule has 2 aromatic rings. The number of fused-ring (bicyclic) bond motifs is 1. The molecule has 29 heavy (non-hydrogen) atoms. The van der Waals surface area contributed by atoms with Crippen molar-refractivity contribution in [3.05, 3.63) is 65.2 Å². The first kappa shape index (κ1) is 20.1. The number of carbonyl (C=O) groups is 1. The molecule has 1 heterocycles. The minimum Gasteiger partial charge on any atom is -0.335 e. The number of benzene rings is 2. The Labute approximate surface area is 173 Å². The Morgan fingerprint density at radius 1 is 1.00 bits per heavy atom. The molecule has 0 spiro atoms. The Kier molecular flexibility index (Phi) is 5.74. The summed E-state index contributed by atoms with van der Waals surface area (Å²) in [4.78, 5) is 15.2. The smallest absolute Gasteiger partial charge is 0.254 e. The zero-order valence-corrected chi connectivity index (χ0v) is 17.7. The van der Waals surface area contributed by atoms with E-state index in [0.717, 1.165) is 38.5 Å². The molecule has 1 atom stereocenters. The molecule has 0 radical (unpaired) electrons. The fourth-order valence-corrected chi connectivity index (χ4v) is 6.08. The van der Waals surface area contributed by atoms with Gasteiger partial charge >= 0.3 is 0 Å². The van der Waals surface area contributed by atoms with Crippen molar-refractivity contribution in [3.63, 3.8) is 0 Å². The molecule has 6 heteroatoms. The summed E-state index contributed by atoms with van der Waals surface area (Å²) in [6.07, 6.45) is 5.85. The van der Waals surface area contributed by atoms with Gasteiger partial charge in [0.05, 0.1) is 10.9 Å². The average molecular weight is 413 g/mol. The molecular weight excluding hydrogens is 384 g/mol. The van der Waals surface area contributed by atoms with Gasteiger partial charge in [0.2, 0.25) is 10.0 Å². The summed E-state index contributed by atoms with van der Waals surface area (Å²) < 4.78 is 27.5. The van der Waals surface area contributed by atoms with Gasteiger partial charge in [0.15, 0.2) is 0 Å². The van der Waals surface area contributed by atoms with Gasteiger partial charge in [-0.3, -0.25) is 4.79 Å². The van der Waals surface area contributed by atoms with Crippen molar-refractivity contribution in [2.45, 2.75) is 49.5 Å². The number of sulfonamides is 1. The van der Waals surface area contributed by atoms with Crippen molar-refractivity contribution in [3.8, 4) is 0 Å². The standard InChI is InChI=1S/C23H28N2O3S/c1-24(22-14-8-10-18-9-3-4-13-21(18)22)23(26)19-11-7-12-20(17-19)29(27,28)25-15-5-2-6-16-25/h3-4,7,9,11-13,17,22H,2,5-6,8,10,14-16H2,1H3/t22-/m0/s1. The van der Waals surface area contributed by atoms with Crippen molar-refractivity contribution in [2.24, 2.45) is 0 Å². The van der Waals surface area contributed by atoms with Crippen molar-refractivity contribution < 1.29 is 13.2 Å². The van der Waals surface area contributed by atoms with Crippen LogP contribution in [0.2, 0.25) is 0 Å². The summed E-state index contributed by atoms with van der Waals surface area (Å²) in [6, 6.07) is 14.8. The predicted molar refractivity (Wildman–Crippen MR) is 113 cm³/mol. The number of hydrogen-bond donors (Lipinski definition) is 0. The summed E-state index contributed by atoms with van der Waals surface area (Å²) in [5.74, 6) is -0.137. The third kappa shape index (κ3) is 3.96. The Bertz CT molecular complexity index is 997. The van der Waals surface area contributed by atoms with Crippen molar-refractivity contribution in [2.75, 3.05) is 20.1 Å². The van der Waals surface area contributed by atoms with E-state index in [-0.39, 0.29) is 16.8 Å². The number of hydrogen-bond acceptors (Lipinski definition) is 3. The van der Waals surface area contributed by atoms with Gasteiger partial charge in [0.25, 0.3) is 5.91 Å². The van der Waals surface area contributed by atoms with Crippen molar-refractivity contribution in [1.29, 1.82) is 0 Å². The van der Waals surface area contributed by atoms with Gasteiger partial charge in [-0.2, -0.15) is 4.31 Å². The van der Waals surface area contributed by atoms with E-state index in [4.69, 9.17) is 0 Å². The van der Waals surface area contributed by atoms with E-state index >= 15 is 0 Å². The zero-order chi connectivity index (χ0) is 20.4. The van der Waals surface area contributed by atoms with E-state index in [9.17, 15) is 13.2 Å². The van der Waals surface area contributed by atoms with E-state index < -0.39 is 10.0 Å². The Morgan fingerprint density at radius 2 is 1.76 bits per heavy atom. The quantitative estimate of drug-likeness (QED) is 0.762. The molecule has 0 aromatic heterocycles. The third-order valence-corrected chi connectivity index (χ3v) is 8.05. The van der Waals surface area contributed by atoms with Crippen LogP contribution in [0.5, 0.6) is 0 Å². The second-order valence-corrected chi connectivity index (χ2v) is 9.95. The van der Waals surface area contributed by atoms with Crippen molar-refractivity contribution in [1.82, 2.24) is 9.21 Å². The van der Waals surface area contributed by atoms with Gasteiger partial charge in [-0.15, -0.1) is 0 Å². The molecular formula is C23H28N2O3S. The molecule has 0 saturated carbocycles. The Morgan fingerprint density at radius 3 is 2.55 bits per heavy atom. The first-order valence-electron chi connectivity index (χ1n) is 10.4. The lowest BCUT2D eigenvalue weighted by Gasteiger charge is -2.33. The van der Waals surface area contributed by atoms with E-state index in [2.05, 4.69) is 12.1 Å². The molecule has 1 saturated heterocycles. The molecule has 0 bridgehead atoms. The molecule has 2 aliphatic rings. The molecule has 2 aromatic carbocycles. The molecule has 5 nitrogen and oxygen atoms in total. The number of nitrogens with zero attached hydrogens (tertiary/aromatic N) is 2. The van der Waals surface area contributed by atoms with Crippen LogP contribution in [0.4, 0.5) is 0 Å². The number of amides is 1. The Balaban J connectivity index is 1.59. The molecule has 4 rings (SSSR count). The first-order valence-corrected chi connectivity index (χ1v) is 11.9. The average Bonchev–Trinajstić information content (AvgIpc) is 2.78. The minimum atomic E-state index is -3.55. The van der Waals surface area contributed by atoms with Crippen LogP contribution in [0.15, 0.2) is 53.4 Å². The number of aryl methyl sites for hydroxylation is 1. The molecule has 0 unspecified atom stereocenters. The minimum absolute atomic E-state index is 0.0230. The summed E-state index contributed by atoms with van der Waals surface area (Å²) >= 11 is 0.